The van der Waals surface area contributed by atoms with Gasteiger partial charge in [0.2, 0.25) is 5.91 Å². The highest BCUT2D eigenvalue weighted by Crippen LogP contribution is 2.37. The minimum Gasteiger partial charge on any atom is -0.467 e. The molecule has 12 heteroatoms. The van der Waals surface area contributed by atoms with Crippen molar-refractivity contribution < 1.29 is 38.0 Å². The van der Waals surface area contributed by atoms with Gasteiger partial charge in [-0.15, -0.1) is 0 Å². The number of hydrogen-bond acceptors (Lipinski definition) is 9. The number of benzene rings is 2. The fourth-order valence-corrected chi connectivity index (χ4v) is 4.43. The third-order valence-electron chi connectivity index (χ3n) is 6.46. The van der Waals surface area contributed by atoms with E-state index < -0.39 is 61.0 Å². The third-order valence-corrected chi connectivity index (χ3v) is 6.46. The first-order valence-electron chi connectivity index (χ1n) is 12.6. The van der Waals surface area contributed by atoms with Crippen LogP contribution in [-0.4, -0.2) is 68.4 Å². The molecule has 1 N–H and O–H groups in total. The number of methoxy groups -OCH3 is 1. The monoisotopic (exact) mass is 540 g/mol. The van der Waals surface area contributed by atoms with Crippen molar-refractivity contribution in [3.05, 3.63) is 82.2 Å². The second-order valence-corrected chi connectivity index (χ2v) is 9.21. The Morgan fingerprint density at radius 3 is 2.46 bits per heavy atom. The zero-order valence-electron chi connectivity index (χ0n) is 21.9. The summed E-state index contributed by atoms with van der Waals surface area (Å²) in [7, 11) is 1.23. The Labute approximate surface area is 226 Å². The lowest BCUT2D eigenvalue weighted by atomic mass is 9.95. The number of carbonyl (C=O) groups is 2. The quantitative estimate of drug-likeness (QED) is 0.209. The van der Waals surface area contributed by atoms with Crippen molar-refractivity contribution >= 4 is 11.9 Å². The first-order chi connectivity index (χ1) is 18.9. The lowest BCUT2D eigenvalue weighted by Crippen LogP contribution is -2.63. The van der Waals surface area contributed by atoms with Gasteiger partial charge >= 0.3 is 5.97 Å². The molecular weight excluding hydrogens is 508 g/mol. The number of nitrogens with one attached hydrogen (secondary N) is 1. The average Bonchev–Trinajstić information content (AvgIpc) is 2.97. The van der Waals surface area contributed by atoms with Gasteiger partial charge in [-0.2, -0.15) is 0 Å². The molecule has 39 heavy (non-hydrogen) atoms. The Bertz CT molecular complexity index is 1150. The minimum absolute atomic E-state index is 0.151. The van der Waals surface area contributed by atoms with Gasteiger partial charge in [0.15, 0.2) is 12.6 Å². The Kier molecular flexibility index (Phi) is 9.88. The highest BCUT2D eigenvalue weighted by molar-refractivity contribution is 5.86. The summed E-state index contributed by atoms with van der Waals surface area (Å²) in [4.78, 5) is 27.7. The molecule has 208 valence electrons. The van der Waals surface area contributed by atoms with Gasteiger partial charge in [-0.1, -0.05) is 65.8 Å². The molecule has 2 fully saturated rings. The summed E-state index contributed by atoms with van der Waals surface area (Å²) in [5.41, 5.74) is 11.1. The molecule has 0 bridgehead atoms. The maximum absolute atomic E-state index is 12.9. The number of nitrogens with zero attached hydrogens (tertiary/aromatic N) is 3. The number of carbonyl (C=O) groups excluding carboxylic acids is 2. The van der Waals surface area contributed by atoms with Gasteiger partial charge < -0.3 is 33.7 Å². The van der Waals surface area contributed by atoms with Crippen molar-refractivity contribution in [2.75, 3.05) is 13.7 Å². The van der Waals surface area contributed by atoms with Crippen LogP contribution in [0.1, 0.15) is 31.3 Å². The Morgan fingerprint density at radius 2 is 1.79 bits per heavy atom. The van der Waals surface area contributed by atoms with Gasteiger partial charge in [0, 0.05) is 10.5 Å². The average molecular weight is 541 g/mol. The van der Waals surface area contributed by atoms with Crippen LogP contribution in [0, 0.1) is 0 Å². The van der Waals surface area contributed by atoms with Crippen molar-refractivity contribution in [2.24, 2.45) is 5.11 Å². The van der Waals surface area contributed by atoms with E-state index >= 15 is 0 Å². The highest BCUT2D eigenvalue weighted by Gasteiger charge is 2.51. The van der Waals surface area contributed by atoms with Crippen LogP contribution >= 0.6 is 0 Å². The Hall–Kier alpha value is -3.51. The summed E-state index contributed by atoms with van der Waals surface area (Å²) in [6.45, 7) is 3.38. The lowest BCUT2D eigenvalue weighted by Gasteiger charge is -2.48. The van der Waals surface area contributed by atoms with Crippen molar-refractivity contribution in [1.29, 1.82) is 0 Å². The summed E-state index contributed by atoms with van der Waals surface area (Å²) in [5, 5.41) is 6.50. The van der Waals surface area contributed by atoms with Gasteiger partial charge in [-0.05, 0) is 24.9 Å². The molecule has 0 spiro atoms. The fourth-order valence-electron chi connectivity index (χ4n) is 4.43. The van der Waals surface area contributed by atoms with E-state index in [0.29, 0.717) is 0 Å². The van der Waals surface area contributed by atoms with Gasteiger partial charge in [0.1, 0.15) is 36.5 Å². The standard InChI is InChI=1S/C27H32N4O8/c1-16(25(33)34-3)29-24(32)17(2)37-23-21(30-31-28)27(35-14-18-10-6-4-7-11-18)38-20-15-36-26(39-22(20)23)19-12-8-5-9-13-19/h4-13,16-17,20-23,26-27H,14-15H2,1-3H3,(H,29,32)/t16?,17?,20-,21-,22-,23?,26+,27-/m1/s1. The van der Waals surface area contributed by atoms with Crippen LogP contribution in [0.5, 0.6) is 0 Å². The lowest BCUT2D eigenvalue weighted by molar-refractivity contribution is -0.349. The van der Waals surface area contributed by atoms with E-state index in [1.807, 2.05) is 60.7 Å². The molecular formula is C27H32N4O8. The molecule has 0 saturated carbocycles. The van der Waals surface area contributed by atoms with Crippen LogP contribution in [0.25, 0.3) is 10.4 Å². The maximum atomic E-state index is 12.9. The van der Waals surface area contributed by atoms with E-state index in [0.717, 1.165) is 11.1 Å². The molecule has 12 nitrogen and oxygen atoms in total. The molecule has 3 unspecified atom stereocenters. The fraction of sp³-hybridized carbons (Fsp3) is 0.481. The topological polar surface area (TPSA) is 150 Å². The van der Waals surface area contributed by atoms with Crippen molar-refractivity contribution in [2.45, 2.75) is 69.5 Å². The zero-order valence-corrected chi connectivity index (χ0v) is 21.9. The largest absolute Gasteiger partial charge is 0.467 e. The number of esters is 1. The summed E-state index contributed by atoms with van der Waals surface area (Å²) in [5.74, 6) is -1.15. The Balaban J connectivity index is 1.57. The van der Waals surface area contributed by atoms with Gasteiger partial charge in [0.05, 0.1) is 20.3 Å². The minimum atomic E-state index is -1.05. The molecule has 1 amide bonds. The summed E-state index contributed by atoms with van der Waals surface area (Å²) >= 11 is 0. The van der Waals surface area contributed by atoms with E-state index in [-0.39, 0.29) is 13.2 Å². The third kappa shape index (κ3) is 7.12. The van der Waals surface area contributed by atoms with E-state index in [1.165, 1.54) is 21.0 Å². The van der Waals surface area contributed by atoms with Gasteiger partial charge in [0.25, 0.3) is 0 Å². The maximum Gasteiger partial charge on any atom is 0.328 e. The molecule has 2 aliphatic heterocycles. The molecule has 2 heterocycles. The normalized spacial score (nSPS) is 27.8. The molecule has 2 aromatic carbocycles. The van der Waals surface area contributed by atoms with Crippen LogP contribution in [0.3, 0.4) is 0 Å². The van der Waals surface area contributed by atoms with Crippen LogP contribution in [-0.2, 0) is 44.6 Å². The molecule has 2 saturated heterocycles. The van der Waals surface area contributed by atoms with Crippen LogP contribution in [0.2, 0.25) is 0 Å². The smallest absolute Gasteiger partial charge is 0.328 e. The number of ether oxygens (including phenoxy) is 6. The predicted molar refractivity (Wildman–Crippen MR) is 137 cm³/mol. The number of amides is 1. The molecule has 2 aliphatic rings. The number of rotatable bonds is 10. The number of fused-ring (bicyclic) bond motifs is 1. The molecule has 4 rings (SSSR count). The summed E-state index contributed by atoms with van der Waals surface area (Å²) < 4.78 is 35.3. The van der Waals surface area contributed by atoms with Crippen molar-refractivity contribution in [1.82, 2.24) is 5.32 Å². The first kappa shape index (κ1) is 28.5. The van der Waals surface area contributed by atoms with Crippen molar-refractivity contribution in [3.63, 3.8) is 0 Å². The van der Waals surface area contributed by atoms with Gasteiger partial charge in [-0.3, -0.25) is 4.79 Å². The van der Waals surface area contributed by atoms with E-state index in [1.54, 1.807) is 0 Å². The van der Waals surface area contributed by atoms with E-state index in [4.69, 9.17) is 23.7 Å². The van der Waals surface area contributed by atoms with Crippen molar-refractivity contribution in [3.8, 4) is 0 Å². The molecule has 2 aromatic rings. The Morgan fingerprint density at radius 1 is 1.10 bits per heavy atom. The predicted octanol–water partition coefficient (Wildman–Crippen LogP) is 3.17. The van der Waals surface area contributed by atoms with E-state index in [2.05, 4.69) is 20.1 Å². The molecule has 8 atom stereocenters. The highest BCUT2D eigenvalue weighted by atomic mass is 16.8. The summed E-state index contributed by atoms with van der Waals surface area (Å²) in [6.07, 6.45) is -5.11. The molecule has 0 aliphatic carbocycles. The molecule has 0 radical (unpaired) electrons. The number of azide groups is 1. The number of hydrogen-bond donors (Lipinski definition) is 1. The summed E-state index contributed by atoms with van der Waals surface area (Å²) in [6, 6.07) is 16.9. The first-order valence-corrected chi connectivity index (χ1v) is 12.6. The second-order valence-electron chi connectivity index (χ2n) is 9.21. The van der Waals surface area contributed by atoms with Gasteiger partial charge in [-0.25, -0.2) is 4.79 Å². The van der Waals surface area contributed by atoms with Crippen LogP contribution in [0.4, 0.5) is 0 Å². The molecule has 0 aromatic heterocycles. The van der Waals surface area contributed by atoms with Crippen LogP contribution < -0.4 is 5.32 Å². The zero-order chi connectivity index (χ0) is 27.8. The van der Waals surface area contributed by atoms with Crippen LogP contribution in [0.15, 0.2) is 65.8 Å². The van der Waals surface area contributed by atoms with E-state index in [9.17, 15) is 15.1 Å². The SMILES string of the molecule is COC(=O)C(C)NC(=O)C(C)OC1[C@@H](N=[N+]=[N-])[C@H](OCc2ccccc2)O[C@@H]2CO[C@H](c3ccccc3)O[C@@H]12. The second kappa shape index (κ2) is 13.5.